The topological polar surface area (TPSA) is 24.5 Å². The number of hydrogen-bond acceptors (Lipinski definition) is 3. The van der Waals surface area contributed by atoms with Gasteiger partial charge in [0, 0.05) is 13.1 Å². The molecule has 0 spiro atoms. The molecule has 1 aliphatic carbocycles. The van der Waals surface area contributed by atoms with Gasteiger partial charge in [-0.3, -0.25) is 4.90 Å². The predicted octanol–water partition coefficient (Wildman–Crippen LogP) is 2.58. The van der Waals surface area contributed by atoms with Gasteiger partial charge in [-0.25, -0.2) is 0 Å². The average Bonchev–Trinajstić information content (AvgIpc) is 2.49. The number of morpholine rings is 1. The van der Waals surface area contributed by atoms with Gasteiger partial charge in [0.1, 0.15) is 0 Å². The largest absolute Gasteiger partial charge is 0.374 e. The third-order valence-electron chi connectivity index (χ3n) is 4.34. The summed E-state index contributed by atoms with van der Waals surface area (Å²) in [4.78, 5) is 2.51. The highest BCUT2D eigenvalue weighted by atomic mass is 16.5. The molecule has 19 heavy (non-hydrogen) atoms. The fourth-order valence-electron chi connectivity index (χ4n) is 3.17. The molecule has 1 saturated heterocycles. The molecule has 0 radical (unpaired) electrons. The lowest BCUT2D eigenvalue weighted by molar-refractivity contribution is -0.0394. The normalized spacial score (nSPS) is 27.1. The standard InChI is InChI=1S/C16H30N2O/c1-3-10-17-16(14-8-6-5-7-9-14)15-13-18(4-2)11-12-19-15/h8,15-17H,3-7,9-13H2,1-2H3. The van der Waals surface area contributed by atoms with Crippen molar-refractivity contribution >= 4 is 0 Å². The molecule has 3 nitrogen and oxygen atoms in total. The molecule has 2 rings (SSSR count). The highest BCUT2D eigenvalue weighted by molar-refractivity contribution is 5.16. The molecule has 0 bridgehead atoms. The molecule has 2 atom stereocenters. The molecule has 3 heteroatoms. The van der Waals surface area contributed by atoms with Gasteiger partial charge in [-0.05, 0) is 45.2 Å². The van der Waals surface area contributed by atoms with Crippen molar-refractivity contribution in [1.29, 1.82) is 0 Å². The van der Waals surface area contributed by atoms with Crippen LogP contribution in [0, 0.1) is 0 Å². The lowest BCUT2D eigenvalue weighted by atomic mass is 9.90. The fourth-order valence-corrected chi connectivity index (χ4v) is 3.17. The molecular weight excluding hydrogens is 236 g/mol. The minimum absolute atomic E-state index is 0.338. The maximum absolute atomic E-state index is 6.08. The summed E-state index contributed by atoms with van der Waals surface area (Å²) in [6.45, 7) is 9.77. The highest BCUT2D eigenvalue weighted by Crippen LogP contribution is 2.24. The van der Waals surface area contributed by atoms with Crippen LogP contribution in [0.5, 0.6) is 0 Å². The summed E-state index contributed by atoms with van der Waals surface area (Å²) < 4.78 is 6.08. The second-order valence-corrected chi connectivity index (χ2v) is 5.76. The first-order valence-corrected chi connectivity index (χ1v) is 8.11. The Morgan fingerprint density at radius 3 is 3.00 bits per heavy atom. The van der Waals surface area contributed by atoms with Crippen LogP contribution < -0.4 is 5.32 Å². The van der Waals surface area contributed by atoms with Crippen molar-refractivity contribution in [3.63, 3.8) is 0 Å². The van der Waals surface area contributed by atoms with E-state index in [9.17, 15) is 0 Å². The molecule has 2 unspecified atom stereocenters. The number of hydrogen-bond donors (Lipinski definition) is 1. The van der Waals surface area contributed by atoms with Gasteiger partial charge in [0.25, 0.3) is 0 Å². The number of nitrogens with zero attached hydrogens (tertiary/aromatic N) is 1. The maximum atomic E-state index is 6.08. The number of nitrogens with one attached hydrogen (secondary N) is 1. The molecule has 0 aromatic carbocycles. The first-order chi connectivity index (χ1) is 9.35. The van der Waals surface area contributed by atoms with Crippen LogP contribution in [0.1, 0.15) is 46.0 Å². The van der Waals surface area contributed by atoms with Crippen molar-refractivity contribution in [1.82, 2.24) is 10.2 Å². The number of likely N-dealkylation sites (N-methyl/N-ethyl adjacent to an activating group) is 1. The minimum Gasteiger partial charge on any atom is -0.374 e. The predicted molar refractivity (Wildman–Crippen MR) is 80.5 cm³/mol. The second kappa shape index (κ2) is 8.03. The van der Waals surface area contributed by atoms with Gasteiger partial charge in [0.15, 0.2) is 0 Å². The SMILES string of the molecule is CCCNC(C1=CCCCC1)C1CN(CC)CCO1. The zero-order valence-electron chi connectivity index (χ0n) is 12.7. The van der Waals surface area contributed by atoms with Crippen molar-refractivity contribution in [2.45, 2.75) is 58.1 Å². The van der Waals surface area contributed by atoms with Crippen LogP contribution in [-0.4, -0.2) is 49.8 Å². The molecule has 110 valence electrons. The summed E-state index contributed by atoms with van der Waals surface area (Å²) in [5.41, 5.74) is 1.60. The summed E-state index contributed by atoms with van der Waals surface area (Å²) in [5, 5.41) is 3.73. The Kier molecular flexibility index (Phi) is 6.35. The van der Waals surface area contributed by atoms with E-state index in [2.05, 4.69) is 30.1 Å². The lowest BCUT2D eigenvalue weighted by Gasteiger charge is -2.38. The maximum Gasteiger partial charge on any atom is 0.0893 e. The van der Waals surface area contributed by atoms with Crippen molar-refractivity contribution < 1.29 is 4.74 Å². The van der Waals surface area contributed by atoms with Crippen LogP contribution in [0.15, 0.2) is 11.6 Å². The van der Waals surface area contributed by atoms with E-state index in [0.29, 0.717) is 12.1 Å². The average molecular weight is 266 g/mol. The van der Waals surface area contributed by atoms with Crippen LogP contribution in [0.4, 0.5) is 0 Å². The quantitative estimate of drug-likeness (QED) is 0.748. The van der Waals surface area contributed by atoms with Crippen LogP contribution >= 0.6 is 0 Å². The smallest absolute Gasteiger partial charge is 0.0893 e. The zero-order chi connectivity index (χ0) is 13.5. The molecular formula is C16H30N2O. The second-order valence-electron chi connectivity index (χ2n) is 5.76. The Morgan fingerprint density at radius 1 is 1.42 bits per heavy atom. The van der Waals surface area contributed by atoms with Crippen LogP contribution in [-0.2, 0) is 4.74 Å². The summed E-state index contributed by atoms with van der Waals surface area (Å²) in [7, 11) is 0. The van der Waals surface area contributed by atoms with E-state index in [1.165, 1.54) is 32.1 Å². The Balaban J connectivity index is 2.01. The summed E-state index contributed by atoms with van der Waals surface area (Å²) in [6, 6.07) is 0.439. The third kappa shape index (κ3) is 4.30. The molecule has 2 aliphatic rings. The third-order valence-corrected chi connectivity index (χ3v) is 4.34. The molecule has 0 aromatic heterocycles. The zero-order valence-corrected chi connectivity index (χ0v) is 12.7. The summed E-state index contributed by atoms with van der Waals surface area (Å²) in [5.74, 6) is 0. The first kappa shape index (κ1) is 15.0. The van der Waals surface area contributed by atoms with Gasteiger partial charge in [-0.1, -0.05) is 25.5 Å². The van der Waals surface area contributed by atoms with Crippen molar-refractivity contribution in [3.8, 4) is 0 Å². The van der Waals surface area contributed by atoms with E-state index in [1.54, 1.807) is 5.57 Å². The number of rotatable bonds is 6. The van der Waals surface area contributed by atoms with E-state index in [-0.39, 0.29) is 0 Å². The van der Waals surface area contributed by atoms with Crippen molar-refractivity contribution in [2.24, 2.45) is 0 Å². The highest BCUT2D eigenvalue weighted by Gasteiger charge is 2.29. The lowest BCUT2D eigenvalue weighted by Crippen LogP contribution is -2.53. The first-order valence-electron chi connectivity index (χ1n) is 8.11. The van der Waals surface area contributed by atoms with Crippen molar-refractivity contribution in [2.75, 3.05) is 32.8 Å². The van der Waals surface area contributed by atoms with E-state index in [4.69, 9.17) is 4.74 Å². The van der Waals surface area contributed by atoms with Crippen LogP contribution in [0.2, 0.25) is 0 Å². The molecule has 1 N–H and O–H groups in total. The molecule has 0 saturated carbocycles. The van der Waals surface area contributed by atoms with Gasteiger partial charge < -0.3 is 10.1 Å². The van der Waals surface area contributed by atoms with E-state index < -0.39 is 0 Å². The van der Waals surface area contributed by atoms with Gasteiger partial charge in [0.2, 0.25) is 0 Å². The van der Waals surface area contributed by atoms with Gasteiger partial charge >= 0.3 is 0 Å². The van der Waals surface area contributed by atoms with Crippen LogP contribution in [0.3, 0.4) is 0 Å². The molecule has 1 heterocycles. The van der Waals surface area contributed by atoms with Gasteiger partial charge in [-0.2, -0.15) is 0 Å². The monoisotopic (exact) mass is 266 g/mol. The number of allylic oxidation sites excluding steroid dienone is 1. The molecule has 1 aliphatic heterocycles. The fraction of sp³-hybridized carbons (Fsp3) is 0.875. The minimum atomic E-state index is 0.338. The molecule has 0 aromatic rings. The van der Waals surface area contributed by atoms with Gasteiger partial charge in [-0.15, -0.1) is 0 Å². The van der Waals surface area contributed by atoms with Crippen LogP contribution in [0.25, 0.3) is 0 Å². The Labute approximate surface area is 118 Å². The Hall–Kier alpha value is -0.380. The Bertz CT molecular complexity index is 290. The van der Waals surface area contributed by atoms with Gasteiger partial charge in [0.05, 0.1) is 18.8 Å². The number of ether oxygens (including phenoxy) is 1. The van der Waals surface area contributed by atoms with E-state index >= 15 is 0 Å². The molecule has 1 fully saturated rings. The Morgan fingerprint density at radius 2 is 2.32 bits per heavy atom. The van der Waals surface area contributed by atoms with E-state index in [0.717, 1.165) is 32.8 Å². The van der Waals surface area contributed by atoms with E-state index in [1.807, 2.05) is 0 Å². The summed E-state index contributed by atoms with van der Waals surface area (Å²) >= 11 is 0. The van der Waals surface area contributed by atoms with Crippen molar-refractivity contribution in [3.05, 3.63) is 11.6 Å². The molecule has 0 amide bonds. The summed E-state index contributed by atoms with van der Waals surface area (Å²) in [6.07, 6.45) is 9.21.